The van der Waals surface area contributed by atoms with E-state index in [1.807, 2.05) is 6.20 Å². The minimum Gasteiger partial charge on any atom is -0.357 e. The maximum absolute atomic E-state index is 12.3. The second-order valence-electron chi connectivity index (χ2n) is 7.54. The molecule has 0 aliphatic carbocycles. The van der Waals surface area contributed by atoms with Crippen LogP contribution in [0.5, 0.6) is 0 Å². The smallest absolute Gasteiger partial charge is 0.315 e. The minimum atomic E-state index is -0.0546. The lowest BCUT2D eigenvalue weighted by Crippen LogP contribution is -2.49. The maximum Gasteiger partial charge on any atom is 0.315 e. The zero-order chi connectivity index (χ0) is 17.1. The molecule has 136 valence electrons. The number of aromatic nitrogens is 1. The van der Waals surface area contributed by atoms with Gasteiger partial charge in [-0.05, 0) is 50.3 Å². The van der Waals surface area contributed by atoms with Crippen molar-refractivity contribution in [2.75, 3.05) is 31.1 Å². The average molecular weight is 343 g/mol. The van der Waals surface area contributed by atoms with Crippen molar-refractivity contribution in [2.24, 2.45) is 0 Å². The molecule has 0 unspecified atom stereocenters. The van der Waals surface area contributed by atoms with E-state index < -0.39 is 0 Å². The SMILES string of the molecule is O=C(NCc1ccc(N2CCCC2)nc1)N[C@H]1CCN2CCCC[C@@H]12. The first-order valence-electron chi connectivity index (χ1n) is 9.78. The van der Waals surface area contributed by atoms with E-state index in [9.17, 15) is 4.79 Å². The summed E-state index contributed by atoms with van der Waals surface area (Å²) < 4.78 is 0. The average Bonchev–Trinajstić information content (AvgIpc) is 3.31. The van der Waals surface area contributed by atoms with Gasteiger partial charge in [0.15, 0.2) is 0 Å². The predicted molar refractivity (Wildman–Crippen MR) is 98.7 cm³/mol. The van der Waals surface area contributed by atoms with E-state index >= 15 is 0 Å². The first-order valence-corrected chi connectivity index (χ1v) is 9.78. The van der Waals surface area contributed by atoms with Gasteiger partial charge in [0.25, 0.3) is 0 Å². The summed E-state index contributed by atoms with van der Waals surface area (Å²) in [4.78, 5) is 21.7. The Hall–Kier alpha value is -1.82. The number of carbonyl (C=O) groups excluding carboxylic acids is 1. The highest BCUT2D eigenvalue weighted by Gasteiger charge is 2.36. The molecular formula is C19H29N5O. The second kappa shape index (κ2) is 7.60. The first kappa shape index (κ1) is 16.6. The Labute approximate surface area is 150 Å². The summed E-state index contributed by atoms with van der Waals surface area (Å²) in [7, 11) is 0. The summed E-state index contributed by atoms with van der Waals surface area (Å²) in [6.07, 6.45) is 9.27. The van der Waals surface area contributed by atoms with Crippen LogP contribution >= 0.6 is 0 Å². The van der Waals surface area contributed by atoms with E-state index in [0.29, 0.717) is 18.6 Å². The number of rotatable bonds is 4. The Balaban J connectivity index is 1.24. The lowest BCUT2D eigenvalue weighted by molar-refractivity contribution is 0.179. The molecule has 1 aromatic rings. The molecule has 4 heterocycles. The number of fused-ring (bicyclic) bond motifs is 1. The molecule has 1 aromatic heterocycles. The molecular weight excluding hydrogens is 314 g/mol. The van der Waals surface area contributed by atoms with Crippen molar-refractivity contribution in [3.05, 3.63) is 23.9 Å². The molecule has 2 N–H and O–H groups in total. The van der Waals surface area contributed by atoms with Crippen molar-refractivity contribution >= 4 is 11.8 Å². The number of hydrogen-bond donors (Lipinski definition) is 2. The van der Waals surface area contributed by atoms with Gasteiger partial charge in [-0.2, -0.15) is 0 Å². The van der Waals surface area contributed by atoms with Crippen LogP contribution in [0.4, 0.5) is 10.6 Å². The molecule has 6 heteroatoms. The molecule has 0 saturated carbocycles. The highest BCUT2D eigenvalue weighted by molar-refractivity contribution is 5.74. The Morgan fingerprint density at radius 1 is 1.08 bits per heavy atom. The molecule has 3 aliphatic rings. The van der Waals surface area contributed by atoms with E-state index in [4.69, 9.17) is 0 Å². The number of pyridine rings is 1. The lowest BCUT2D eigenvalue weighted by Gasteiger charge is -2.32. The van der Waals surface area contributed by atoms with Crippen LogP contribution in [0.15, 0.2) is 18.3 Å². The Bertz CT molecular complexity index is 584. The van der Waals surface area contributed by atoms with Gasteiger partial charge in [-0.15, -0.1) is 0 Å². The van der Waals surface area contributed by atoms with E-state index in [1.165, 1.54) is 38.6 Å². The summed E-state index contributed by atoms with van der Waals surface area (Å²) in [6, 6.07) is 4.93. The van der Waals surface area contributed by atoms with Gasteiger partial charge in [0, 0.05) is 44.5 Å². The van der Waals surface area contributed by atoms with Gasteiger partial charge in [-0.1, -0.05) is 12.5 Å². The number of amides is 2. The number of urea groups is 1. The van der Waals surface area contributed by atoms with Crippen molar-refractivity contribution in [2.45, 2.75) is 57.2 Å². The molecule has 3 fully saturated rings. The van der Waals surface area contributed by atoms with E-state index in [0.717, 1.165) is 37.4 Å². The molecule has 25 heavy (non-hydrogen) atoms. The molecule has 0 bridgehead atoms. The summed E-state index contributed by atoms with van der Waals surface area (Å²) in [5, 5.41) is 6.17. The fourth-order valence-electron chi connectivity index (χ4n) is 4.47. The molecule has 2 amide bonds. The van der Waals surface area contributed by atoms with E-state index in [2.05, 4.69) is 37.6 Å². The van der Waals surface area contributed by atoms with Crippen molar-refractivity contribution in [3.63, 3.8) is 0 Å². The molecule has 2 atom stereocenters. The zero-order valence-electron chi connectivity index (χ0n) is 14.9. The number of carbonyl (C=O) groups is 1. The quantitative estimate of drug-likeness (QED) is 0.879. The topological polar surface area (TPSA) is 60.5 Å². The van der Waals surface area contributed by atoms with Crippen LogP contribution in [0.1, 0.15) is 44.1 Å². The van der Waals surface area contributed by atoms with Crippen molar-refractivity contribution < 1.29 is 4.79 Å². The summed E-state index contributed by atoms with van der Waals surface area (Å²) in [6.45, 7) is 5.05. The van der Waals surface area contributed by atoms with Crippen LogP contribution in [0.3, 0.4) is 0 Å². The predicted octanol–water partition coefficient (Wildman–Crippen LogP) is 2.11. The van der Waals surface area contributed by atoms with E-state index in [-0.39, 0.29) is 6.03 Å². The monoisotopic (exact) mass is 343 g/mol. The number of anilines is 1. The van der Waals surface area contributed by atoms with Gasteiger partial charge < -0.3 is 15.5 Å². The molecule has 3 saturated heterocycles. The van der Waals surface area contributed by atoms with Crippen LogP contribution < -0.4 is 15.5 Å². The lowest BCUT2D eigenvalue weighted by atomic mass is 9.99. The summed E-state index contributed by atoms with van der Waals surface area (Å²) in [5.74, 6) is 1.05. The van der Waals surface area contributed by atoms with Crippen LogP contribution in [-0.2, 0) is 6.54 Å². The Morgan fingerprint density at radius 3 is 2.72 bits per heavy atom. The van der Waals surface area contributed by atoms with Crippen molar-refractivity contribution in [1.82, 2.24) is 20.5 Å². The third kappa shape index (κ3) is 3.89. The van der Waals surface area contributed by atoms with Gasteiger partial charge in [-0.3, -0.25) is 4.90 Å². The Morgan fingerprint density at radius 2 is 1.92 bits per heavy atom. The summed E-state index contributed by atoms with van der Waals surface area (Å²) in [5.41, 5.74) is 1.05. The number of hydrogen-bond acceptors (Lipinski definition) is 4. The fraction of sp³-hybridized carbons (Fsp3) is 0.684. The van der Waals surface area contributed by atoms with Crippen LogP contribution in [0, 0.1) is 0 Å². The highest BCUT2D eigenvalue weighted by atomic mass is 16.2. The van der Waals surface area contributed by atoms with Gasteiger partial charge in [-0.25, -0.2) is 9.78 Å². The number of piperidine rings is 1. The fourth-order valence-corrected chi connectivity index (χ4v) is 4.47. The summed E-state index contributed by atoms with van der Waals surface area (Å²) >= 11 is 0. The normalized spacial score (nSPS) is 26.5. The second-order valence-corrected chi connectivity index (χ2v) is 7.54. The highest BCUT2D eigenvalue weighted by Crippen LogP contribution is 2.27. The van der Waals surface area contributed by atoms with Crippen LogP contribution in [0.2, 0.25) is 0 Å². The van der Waals surface area contributed by atoms with Crippen LogP contribution in [0.25, 0.3) is 0 Å². The molecule has 6 nitrogen and oxygen atoms in total. The third-order valence-electron chi connectivity index (χ3n) is 5.86. The molecule has 4 rings (SSSR count). The maximum atomic E-state index is 12.3. The minimum absolute atomic E-state index is 0.0546. The van der Waals surface area contributed by atoms with Gasteiger partial charge in [0.1, 0.15) is 5.82 Å². The zero-order valence-corrected chi connectivity index (χ0v) is 14.9. The first-order chi connectivity index (χ1) is 12.3. The molecule has 0 radical (unpaired) electrons. The third-order valence-corrected chi connectivity index (χ3v) is 5.86. The van der Waals surface area contributed by atoms with Crippen LogP contribution in [-0.4, -0.2) is 54.2 Å². The molecule has 0 aromatic carbocycles. The van der Waals surface area contributed by atoms with Gasteiger partial charge in [0.05, 0.1) is 0 Å². The number of nitrogens with zero attached hydrogens (tertiary/aromatic N) is 3. The molecule has 3 aliphatic heterocycles. The van der Waals surface area contributed by atoms with Crippen molar-refractivity contribution in [1.29, 1.82) is 0 Å². The van der Waals surface area contributed by atoms with Gasteiger partial charge in [0.2, 0.25) is 0 Å². The Kier molecular flexibility index (Phi) is 5.06. The largest absolute Gasteiger partial charge is 0.357 e. The number of nitrogens with one attached hydrogen (secondary N) is 2. The standard InChI is InChI=1S/C19H29N5O/c25-19(22-16-8-12-23-9-2-1-5-17(16)23)21-14-15-6-7-18(20-13-15)24-10-3-4-11-24/h6-7,13,16-17H,1-5,8-12,14H2,(H2,21,22,25)/t16-,17-/m0/s1. The van der Waals surface area contributed by atoms with Gasteiger partial charge >= 0.3 is 6.03 Å². The van der Waals surface area contributed by atoms with Crippen molar-refractivity contribution in [3.8, 4) is 0 Å². The van der Waals surface area contributed by atoms with E-state index in [1.54, 1.807) is 0 Å². The molecule has 0 spiro atoms.